The molecular weight excluding hydrogens is 410 g/mol. The molecular formula is C27H31N5O. The highest BCUT2D eigenvalue weighted by Gasteiger charge is 2.18. The predicted octanol–water partition coefficient (Wildman–Crippen LogP) is 6.15. The summed E-state index contributed by atoms with van der Waals surface area (Å²) in [6.45, 7) is 6.42. The molecule has 3 N–H and O–H groups in total. The predicted molar refractivity (Wildman–Crippen MR) is 135 cm³/mol. The zero-order chi connectivity index (χ0) is 23.5. The molecule has 0 aliphatic carbocycles. The van der Waals surface area contributed by atoms with E-state index in [4.69, 9.17) is 10.5 Å². The largest absolute Gasteiger partial charge is 0.488 e. The van der Waals surface area contributed by atoms with E-state index < -0.39 is 0 Å². The number of pyridine rings is 1. The van der Waals surface area contributed by atoms with Gasteiger partial charge in [0.1, 0.15) is 22.9 Å². The molecule has 0 aliphatic heterocycles. The first-order chi connectivity index (χ1) is 16.0. The molecule has 33 heavy (non-hydrogen) atoms. The lowest BCUT2D eigenvalue weighted by atomic mass is 10.0. The van der Waals surface area contributed by atoms with Crippen LogP contribution in [0.2, 0.25) is 0 Å². The van der Waals surface area contributed by atoms with Crippen molar-refractivity contribution in [1.82, 2.24) is 15.0 Å². The third-order valence-corrected chi connectivity index (χ3v) is 4.88. The van der Waals surface area contributed by atoms with E-state index in [1.165, 1.54) is 0 Å². The Morgan fingerprint density at radius 2 is 1.67 bits per heavy atom. The number of hydrogen-bond acceptors (Lipinski definition) is 4. The van der Waals surface area contributed by atoms with Crippen LogP contribution in [0, 0.1) is 0 Å². The minimum atomic E-state index is -0.149. The maximum absolute atomic E-state index is 6.10. The number of nitrogens with zero attached hydrogens (tertiary/aromatic N) is 3. The second kappa shape index (κ2) is 11.6. The summed E-state index contributed by atoms with van der Waals surface area (Å²) in [6, 6.07) is 21.8. The average Bonchev–Trinajstić information content (AvgIpc) is 3.41. The standard InChI is InChI=1S/C24H27N3O.C3H4N2/c1-4-16-24(2,3)28-21-14-10-19(11-15-21)18-8-12-20(13-9-18)27-23(25)22-7-5-6-17-26-22;1-2-5-3-4-1/h5-15,17H,4,16H2,1-3H3,(H2,25,27);1-3H,(H,4,5). The van der Waals surface area contributed by atoms with E-state index >= 15 is 0 Å². The molecule has 0 atom stereocenters. The first-order valence-corrected chi connectivity index (χ1v) is 11.0. The third kappa shape index (κ3) is 7.61. The number of H-pyrrole nitrogens is 1. The van der Waals surface area contributed by atoms with Crippen molar-refractivity contribution in [2.75, 3.05) is 0 Å². The minimum absolute atomic E-state index is 0.149. The fourth-order valence-corrected chi connectivity index (χ4v) is 3.34. The van der Waals surface area contributed by atoms with Crippen LogP contribution in [-0.4, -0.2) is 26.4 Å². The molecule has 170 valence electrons. The second-order valence-electron chi connectivity index (χ2n) is 8.16. The van der Waals surface area contributed by atoms with Crippen LogP contribution in [-0.2, 0) is 0 Å². The molecule has 0 fully saturated rings. The molecule has 0 unspecified atom stereocenters. The third-order valence-electron chi connectivity index (χ3n) is 4.88. The van der Waals surface area contributed by atoms with Crippen LogP contribution in [0.3, 0.4) is 0 Å². The van der Waals surface area contributed by atoms with E-state index in [2.05, 4.69) is 52.8 Å². The van der Waals surface area contributed by atoms with Crippen LogP contribution in [0.15, 0.2) is 96.6 Å². The number of benzene rings is 2. The maximum atomic E-state index is 6.10. The number of nitrogens with one attached hydrogen (secondary N) is 1. The molecule has 0 radical (unpaired) electrons. The van der Waals surface area contributed by atoms with Gasteiger partial charge in [0.15, 0.2) is 0 Å². The minimum Gasteiger partial charge on any atom is -0.488 e. The zero-order valence-electron chi connectivity index (χ0n) is 19.4. The first kappa shape index (κ1) is 23.7. The Labute approximate surface area is 195 Å². The van der Waals surface area contributed by atoms with Crippen molar-refractivity contribution in [1.29, 1.82) is 0 Å². The number of ether oxygens (including phenoxy) is 1. The summed E-state index contributed by atoms with van der Waals surface area (Å²) in [6.07, 6.45) is 8.92. The Kier molecular flexibility index (Phi) is 8.36. The molecule has 0 bridgehead atoms. The summed E-state index contributed by atoms with van der Waals surface area (Å²) >= 11 is 0. The summed E-state index contributed by atoms with van der Waals surface area (Å²) in [5.41, 5.74) is 9.62. The molecule has 4 rings (SSSR count). The summed E-state index contributed by atoms with van der Waals surface area (Å²) in [7, 11) is 0. The summed E-state index contributed by atoms with van der Waals surface area (Å²) < 4.78 is 6.10. The fourth-order valence-electron chi connectivity index (χ4n) is 3.34. The van der Waals surface area contributed by atoms with Gasteiger partial charge in [-0.15, -0.1) is 0 Å². The highest BCUT2D eigenvalue weighted by molar-refractivity contribution is 5.97. The Hall–Kier alpha value is -3.93. The van der Waals surface area contributed by atoms with E-state index in [-0.39, 0.29) is 5.60 Å². The van der Waals surface area contributed by atoms with Crippen molar-refractivity contribution >= 4 is 11.5 Å². The van der Waals surface area contributed by atoms with Crippen LogP contribution in [0.4, 0.5) is 5.69 Å². The van der Waals surface area contributed by atoms with Crippen molar-refractivity contribution < 1.29 is 4.74 Å². The van der Waals surface area contributed by atoms with Gasteiger partial charge in [-0.05, 0) is 67.8 Å². The Morgan fingerprint density at radius 1 is 0.970 bits per heavy atom. The maximum Gasteiger partial charge on any atom is 0.150 e. The van der Waals surface area contributed by atoms with Gasteiger partial charge in [0.25, 0.3) is 0 Å². The lowest BCUT2D eigenvalue weighted by Gasteiger charge is -2.26. The highest BCUT2D eigenvalue weighted by atomic mass is 16.5. The number of aromatic nitrogens is 3. The summed E-state index contributed by atoms with van der Waals surface area (Å²) in [4.78, 5) is 15.1. The highest BCUT2D eigenvalue weighted by Crippen LogP contribution is 2.27. The van der Waals surface area contributed by atoms with E-state index in [1.54, 1.807) is 24.9 Å². The van der Waals surface area contributed by atoms with Gasteiger partial charge in [-0.25, -0.2) is 9.98 Å². The molecule has 2 aromatic carbocycles. The number of imidazole rings is 1. The molecule has 2 aromatic heterocycles. The number of aromatic amines is 1. The second-order valence-corrected chi connectivity index (χ2v) is 8.16. The van der Waals surface area contributed by atoms with Crippen molar-refractivity contribution in [3.8, 4) is 16.9 Å². The first-order valence-electron chi connectivity index (χ1n) is 11.0. The molecule has 0 aliphatic rings. The quantitative estimate of drug-likeness (QED) is 0.266. The van der Waals surface area contributed by atoms with E-state index in [0.717, 1.165) is 35.4 Å². The Morgan fingerprint density at radius 3 is 2.18 bits per heavy atom. The molecule has 0 amide bonds. The topological polar surface area (TPSA) is 89.2 Å². The Balaban J connectivity index is 0.000000541. The van der Waals surface area contributed by atoms with Gasteiger partial charge < -0.3 is 15.5 Å². The molecule has 6 nitrogen and oxygen atoms in total. The normalized spacial score (nSPS) is 11.4. The molecule has 6 heteroatoms. The average molecular weight is 442 g/mol. The van der Waals surface area contributed by atoms with Gasteiger partial charge in [0, 0.05) is 18.6 Å². The number of hydrogen-bond donors (Lipinski definition) is 2. The van der Waals surface area contributed by atoms with Gasteiger partial charge in [-0.2, -0.15) is 0 Å². The Bertz CT molecular complexity index is 1090. The van der Waals surface area contributed by atoms with Crippen molar-refractivity contribution in [3.05, 3.63) is 97.3 Å². The van der Waals surface area contributed by atoms with Crippen LogP contribution in [0.25, 0.3) is 11.1 Å². The van der Waals surface area contributed by atoms with Crippen molar-refractivity contribution in [2.45, 2.75) is 39.2 Å². The number of rotatable bonds is 7. The van der Waals surface area contributed by atoms with E-state index in [9.17, 15) is 0 Å². The summed E-state index contributed by atoms with van der Waals surface area (Å²) in [5, 5.41) is 0. The van der Waals surface area contributed by atoms with Gasteiger partial charge in [-0.1, -0.05) is 43.7 Å². The van der Waals surface area contributed by atoms with Crippen LogP contribution >= 0.6 is 0 Å². The van der Waals surface area contributed by atoms with Gasteiger partial charge in [-0.3, -0.25) is 4.98 Å². The van der Waals surface area contributed by atoms with Crippen LogP contribution < -0.4 is 10.5 Å². The fraction of sp³-hybridized carbons (Fsp3) is 0.222. The zero-order valence-corrected chi connectivity index (χ0v) is 19.4. The molecule has 0 spiro atoms. The lowest BCUT2D eigenvalue weighted by Crippen LogP contribution is -2.27. The molecule has 0 saturated carbocycles. The smallest absolute Gasteiger partial charge is 0.150 e. The summed E-state index contributed by atoms with van der Waals surface area (Å²) in [5.74, 6) is 1.30. The van der Waals surface area contributed by atoms with Crippen LogP contribution in [0.5, 0.6) is 5.75 Å². The van der Waals surface area contributed by atoms with E-state index in [1.807, 2.05) is 54.6 Å². The van der Waals surface area contributed by atoms with Crippen molar-refractivity contribution in [3.63, 3.8) is 0 Å². The lowest BCUT2D eigenvalue weighted by molar-refractivity contribution is 0.0986. The molecule has 4 aromatic rings. The monoisotopic (exact) mass is 441 g/mol. The number of amidine groups is 1. The van der Waals surface area contributed by atoms with E-state index in [0.29, 0.717) is 11.5 Å². The van der Waals surface area contributed by atoms with Gasteiger partial charge in [0.05, 0.1) is 12.0 Å². The number of nitrogens with two attached hydrogens (primary N) is 1. The van der Waals surface area contributed by atoms with Gasteiger partial charge >= 0.3 is 0 Å². The molecule has 2 heterocycles. The number of aliphatic imine (C=N–C) groups is 1. The van der Waals surface area contributed by atoms with Gasteiger partial charge in [0.2, 0.25) is 0 Å². The SMILES string of the molecule is CCCC(C)(C)Oc1ccc(-c2ccc(N=C(N)c3ccccn3)cc2)cc1.c1c[nH]cn1. The van der Waals surface area contributed by atoms with Crippen molar-refractivity contribution in [2.24, 2.45) is 10.7 Å². The molecule has 0 saturated heterocycles. The van der Waals surface area contributed by atoms with Crippen LogP contribution in [0.1, 0.15) is 39.3 Å².